The fourth-order valence-electron chi connectivity index (χ4n) is 2.76. The fourth-order valence-corrected chi connectivity index (χ4v) is 2.76. The summed E-state index contributed by atoms with van der Waals surface area (Å²) in [6.45, 7) is 0. The molecule has 0 aliphatic heterocycles. The van der Waals surface area contributed by atoms with Crippen LogP contribution in [-0.4, -0.2) is 0 Å². The summed E-state index contributed by atoms with van der Waals surface area (Å²) in [6, 6.07) is 29.3. The van der Waals surface area contributed by atoms with Crippen LogP contribution >= 0.6 is 0 Å². The van der Waals surface area contributed by atoms with Crippen LogP contribution in [0, 0.1) is 58.1 Å². The summed E-state index contributed by atoms with van der Waals surface area (Å²) in [4.78, 5) is 0. The molecule has 3 aromatic rings. The zero-order chi connectivity index (χ0) is 15.0. The fraction of sp³-hybridized carbons (Fsp3) is 0.103. The Balaban J connectivity index is -0.0000000997. The third-order valence-electron chi connectivity index (χ3n) is 3.93. The maximum absolute atomic E-state index is 3.47. The standard InChI is InChI=1S/C17H15.C5H5.7CH3.Hf/c1-2-6-14(7-3-1)10-11-16-13-12-15-8-4-5-9-17(15)16;1-2-4-5-3-1;;;;;;;;/h1-9,12,16H,10-11H2;1-5H;7*1H3;/q9*-1;. The molecule has 3 aromatic carbocycles. The molecule has 1 aliphatic rings. The van der Waals surface area contributed by atoms with Gasteiger partial charge in [0.2, 0.25) is 0 Å². The van der Waals surface area contributed by atoms with Crippen LogP contribution in [0.5, 0.6) is 0 Å². The first-order valence-electron chi connectivity index (χ1n) is 7.82. The molecular weight excluding hydrogens is 527 g/mol. The van der Waals surface area contributed by atoms with Crippen LogP contribution in [-0.2, 0) is 32.3 Å². The van der Waals surface area contributed by atoms with Gasteiger partial charge in [0.1, 0.15) is 0 Å². The van der Waals surface area contributed by atoms with Gasteiger partial charge >= 0.3 is 0 Å². The molecule has 1 unspecified atom stereocenters. The Morgan fingerprint density at radius 1 is 0.667 bits per heavy atom. The van der Waals surface area contributed by atoms with E-state index < -0.39 is 0 Å². The topological polar surface area (TPSA) is 0 Å². The molecule has 0 heterocycles. The second kappa shape index (κ2) is 23.7. The van der Waals surface area contributed by atoms with Crippen molar-refractivity contribution in [3.8, 4) is 0 Å². The Morgan fingerprint density at radius 3 is 1.73 bits per heavy atom. The first-order valence-corrected chi connectivity index (χ1v) is 7.82. The molecule has 0 nitrogen and oxygen atoms in total. The van der Waals surface area contributed by atoms with Crippen molar-refractivity contribution in [2.45, 2.75) is 18.8 Å². The molecule has 0 N–H and O–H groups in total. The molecule has 0 saturated carbocycles. The number of hydrogen-bond acceptors (Lipinski definition) is 0. The third-order valence-corrected chi connectivity index (χ3v) is 3.93. The molecule has 4 rings (SSSR count). The van der Waals surface area contributed by atoms with E-state index in [2.05, 4.69) is 66.7 Å². The van der Waals surface area contributed by atoms with Gasteiger partial charge in [-0.15, -0.1) is 11.6 Å². The van der Waals surface area contributed by atoms with Crippen molar-refractivity contribution in [3.63, 3.8) is 0 Å². The zero-order valence-electron chi connectivity index (χ0n) is 20.2. The van der Waals surface area contributed by atoms with Gasteiger partial charge in [-0.2, -0.15) is 23.8 Å². The molecule has 30 heavy (non-hydrogen) atoms. The minimum Gasteiger partial charge on any atom is -0.358 e. The minimum atomic E-state index is 0. The van der Waals surface area contributed by atoms with Crippen molar-refractivity contribution in [3.05, 3.63) is 160 Å². The van der Waals surface area contributed by atoms with Crippen molar-refractivity contribution in [1.29, 1.82) is 0 Å². The van der Waals surface area contributed by atoms with E-state index in [-0.39, 0.29) is 77.8 Å². The molecule has 0 radical (unpaired) electrons. The number of fused-ring (bicyclic) bond motifs is 1. The summed E-state index contributed by atoms with van der Waals surface area (Å²) in [7, 11) is 0. The monoisotopic (exact) mass is 569 g/mol. The van der Waals surface area contributed by atoms with E-state index in [9.17, 15) is 0 Å². The van der Waals surface area contributed by atoms with Gasteiger partial charge in [-0.25, -0.2) is 18.2 Å². The van der Waals surface area contributed by atoms with Crippen LogP contribution in [0.25, 0.3) is 6.08 Å². The SMILES string of the molecule is [C-]1=Cc2ccccc2C1CCc1ccccc1.[CH3-].[CH3-].[CH3-].[CH3-].[CH3-].[CH3-].[CH3-].[Hf].c1cc[cH-]c1. The average molecular weight is 568 g/mol. The number of hydrogen-bond donors (Lipinski definition) is 0. The Labute approximate surface area is 209 Å². The Morgan fingerprint density at radius 2 is 1.20 bits per heavy atom. The maximum atomic E-state index is 3.47. The molecule has 170 valence electrons. The van der Waals surface area contributed by atoms with Crippen molar-refractivity contribution in [2.24, 2.45) is 0 Å². The Kier molecular flexibility index (Phi) is 33.5. The molecule has 0 amide bonds. The number of allylic oxidation sites excluding steroid dienone is 1. The van der Waals surface area contributed by atoms with E-state index >= 15 is 0 Å². The van der Waals surface area contributed by atoms with Gasteiger partial charge in [0.05, 0.1) is 0 Å². The van der Waals surface area contributed by atoms with Crippen LogP contribution in [0.1, 0.15) is 29.0 Å². The minimum absolute atomic E-state index is 0. The number of benzene rings is 2. The molecule has 0 bridgehead atoms. The van der Waals surface area contributed by atoms with Crippen LogP contribution in [0.15, 0.2) is 84.9 Å². The Bertz CT molecular complexity index is 679. The average Bonchev–Trinajstić information content (AvgIpc) is 3.27. The van der Waals surface area contributed by atoms with Gasteiger partial charge in [0.25, 0.3) is 0 Å². The molecule has 0 aromatic heterocycles. The predicted molar refractivity (Wildman–Crippen MR) is 139 cm³/mol. The Hall–Kier alpha value is -1.60. The first kappa shape index (κ1) is 42.5. The quantitative estimate of drug-likeness (QED) is 0.219. The van der Waals surface area contributed by atoms with Crippen LogP contribution in [0.4, 0.5) is 0 Å². The summed E-state index contributed by atoms with van der Waals surface area (Å²) in [5, 5.41) is 0. The van der Waals surface area contributed by atoms with E-state index in [0.717, 1.165) is 12.8 Å². The van der Waals surface area contributed by atoms with E-state index in [0.29, 0.717) is 5.92 Å². The summed E-state index contributed by atoms with van der Waals surface area (Å²) in [6.07, 6.45) is 7.87. The van der Waals surface area contributed by atoms with Gasteiger partial charge in [-0.05, 0) is 12.0 Å². The summed E-state index contributed by atoms with van der Waals surface area (Å²) in [5.41, 5.74) is 4.19. The summed E-state index contributed by atoms with van der Waals surface area (Å²) < 4.78 is 0. The normalized spacial score (nSPS) is 11.0. The first-order chi connectivity index (χ1) is 10.9. The van der Waals surface area contributed by atoms with Crippen LogP contribution in [0.2, 0.25) is 0 Å². The predicted octanol–water partition coefficient (Wildman–Crippen LogP) is 8.79. The molecule has 0 spiro atoms. The maximum Gasteiger partial charge on any atom is 0 e. The van der Waals surface area contributed by atoms with Gasteiger partial charge in [0, 0.05) is 25.8 Å². The molecule has 1 atom stereocenters. The van der Waals surface area contributed by atoms with E-state index in [1.54, 1.807) is 0 Å². The summed E-state index contributed by atoms with van der Waals surface area (Å²) >= 11 is 0. The van der Waals surface area contributed by atoms with Gasteiger partial charge in [-0.1, -0.05) is 60.9 Å². The van der Waals surface area contributed by atoms with Crippen molar-refractivity contribution in [2.75, 3.05) is 0 Å². The van der Waals surface area contributed by atoms with Crippen molar-refractivity contribution in [1.82, 2.24) is 0 Å². The molecule has 1 heteroatoms. The van der Waals surface area contributed by atoms with Gasteiger partial charge in [-0.3, -0.25) is 6.08 Å². The largest absolute Gasteiger partial charge is 0.358 e. The second-order valence-corrected chi connectivity index (χ2v) is 5.48. The molecule has 0 saturated heterocycles. The van der Waals surface area contributed by atoms with E-state index in [4.69, 9.17) is 0 Å². The molecule has 1 aliphatic carbocycles. The third kappa shape index (κ3) is 12.9. The zero-order valence-corrected chi connectivity index (χ0v) is 23.7. The summed E-state index contributed by atoms with van der Waals surface area (Å²) in [5.74, 6) is 0.478. The van der Waals surface area contributed by atoms with E-state index in [1.807, 2.05) is 30.3 Å². The number of rotatable bonds is 3. The van der Waals surface area contributed by atoms with Crippen LogP contribution < -0.4 is 0 Å². The molecular formula is C29H41Hf-9. The number of aryl methyl sites for hydroxylation is 1. The van der Waals surface area contributed by atoms with Crippen LogP contribution in [0.3, 0.4) is 0 Å². The smallest absolute Gasteiger partial charge is 0 e. The van der Waals surface area contributed by atoms with Crippen molar-refractivity contribution >= 4 is 6.08 Å². The molecule has 0 fully saturated rings. The van der Waals surface area contributed by atoms with Gasteiger partial charge in [0.15, 0.2) is 0 Å². The second-order valence-electron chi connectivity index (χ2n) is 5.48. The van der Waals surface area contributed by atoms with Gasteiger partial charge < -0.3 is 52.0 Å². The van der Waals surface area contributed by atoms with E-state index in [1.165, 1.54) is 16.7 Å². The van der Waals surface area contributed by atoms with Crippen molar-refractivity contribution < 1.29 is 25.8 Å².